The fourth-order valence-corrected chi connectivity index (χ4v) is 2.04. The number of carboxylic acid groups (broad SMARTS) is 2. The van der Waals surface area contributed by atoms with Crippen LogP contribution in [0.4, 0.5) is 5.69 Å². The van der Waals surface area contributed by atoms with Gasteiger partial charge >= 0.3 is 11.9 Å². The van der Waals surface area contributed by atoms with E-state index in [0.717, 1.165) is 32.8 Å². The predicted octanol–water partition coefficient (Wildman–Crippen LogP) is 0.770. The second-order valence-electron chi connectivity index (χ2n) is 5.12. The summed E-state index contributed by atoms with van der Waals surface area (Å²) in [7, 11) is 0. The molecule has 0 unspecified atom stereocenters. The van der Waals surface area contributed by atoms with Crippen molar-refractivity contribution in [3.8, 4) is 5.75 Å². The van der Waals surface area contributed by atoms with Crippen molar-refractivity contribution in [3.63, 3.8) is 0 Å². The Labute approximate surface area is 143 Å². The number of nitro groups is 1. The molecule has 1 heterocycles. The molecular formula is C15H20N2O8. The van der Waals surface area contributed by atoms with Crippen LogP contribution in [0.2, 0.25) is 0 Å². The molecule has 10 heteroatoms. The zero-order valence-corrected chi connectivity index (χ0v) is 13.7. The Morgan fingerprint density at radius 1 is 1.28 bits per heavy atom. The van der Waals surface area contributed by atoms with E-state index in [-0.39, 0.29) is 10.6 Å². The molecular weight excluding hydrogens is 336 g/mol. The molecule has 0 spiro atoms. The summed E-state index contributed by atoms with van der Waals surface area (Å²) >= 11 is 0. The van der Waals surface area contributed by atoms with E-state index in [1.54, 1.807) is 19.1 Å². The summed E-state index contributed by atoms with van der Waals surface area (Å²) < 4.78 is 10.9. The van der Waals surface area contributed by atoms with E-state index in [2.05, 4.69) is 4.90 Å². The predicted molar refractivity (Wildman–Crippen MR) is 85.9 cm³/mol. The van der Waals surface area contributed by atoms with E-state index >= 15 is 0 Å². The summed E-state index contributed by atoms with van der Waals surface area (Å²) in [6.07, 6.45) is 0. The first-order valence-corrected chi connectivity index (χ1v) is 7.45. The van der Waals surface area contributed by atoms with E-state index in [0.29, 0.717) is 17.9 Å². The highest BCUT2D eigenvalue weighted by molar-refractivity contribution is 6.27. The summed E-state index contributed by atoms with van der Waals surface area (Å²) in [5.41, 5.74) is 0.745. The maximum Gasteiger partial charge on any atom is 0.414 e. The van der Waals surface area contributed by atoms with E-state index < -0.39 is 11.9 Å². The number of nitro benzene ring substituents is 1. The van der Waals surface area contributed by atoms with Crippen molar-refractivity contribution in [3.05, 3.63) is 33.9 Å². The van der Waals surface area contributed by atoms with Crippen LogP contribution in [0.5, 0.6) is 5.75 Å². The number of nitrogens with zero attached hydrogens (tertiary/aromatic N) is 2. The van der Waals surface area contributed by atoms with Gasteiger partial charge in [0.15, 0.2) is 0 Å². The molecule has 1 saturated heterocycles. The van der Waals surface area contributed by atoms with Gasteiger partial charge in [0.1, 0.15) is 12.4 Å². The maximum absolute atomic E-state index is 10.7. The van der Waals surface area contributed by atoms with Gasteiger partial charge in [-0.3, -0.25) is 15.0 Å². The number of morpholine rings is 1. The lowest BCUT2D eigenvalue weighted by Crippen LogP contribution is -2.38. The molecule has 0 saturated carbocycles. The van der Waals surface area contributed by atoms with Crippen LogP contribution >= 0.6 is 0 Å². The minimum absolute atomic E-state index is 0.125. The van der Waals surface area contributed by atoms with Gasteiger partial charge in [0, 0.05) is 31.3 Å². The smallest absolute Gasteiger partial charge is 0.414 e. The van der Waals surface area contributed by atoms with Gasteiger partial charge in [0.25, 0.3) is 5.69 Å². The SMILES string of the molecule is Cc1cc(OCCN2CCOCC2)ccc1[N+](=O)[O-].O=C(O)C(=O)O. The van der Waals surface area contributed by atoms with Gasteiger partial charge < -0.3 is 19.7 Å². The largest absolute Gasteiger partial charge is 0.492 e. The number of hydrogen-bond donors (Lipinski definition) is 2. The Hall–Kier alpha value is -2.72. The Morgan fingerprint density at radius 2 is 1.88 bits per heavy atom. The molecule has 1 aromatic carbocycles. The molecule has 0 bridgehead atoms. The topological polar surface area (TPSA) is 139 Å². The van der Waals surface area contributed by atoms with Crippen molar-refractivity contribution in [1.82, 2.24) is 4.90 Å². The number of hydrogen-bond acceptors (Lipinski definition) is 7. The number of rotatable bonds is 5. The zero-order chi connectivity index (χ0) is 18.8. The van der Waals surface area contributed by atoms with Crippen LogP contribution in [0.15, 0.2) is 18.2 Å². The maximum atomic E-state index is 10.7. The van der Waals surface area contributed by atoms with Crippen molar-refractivity contribution in [2.45, 2.75) is 6.92 Å². The monoisotopic (exact) mass is 356 g/mol. The van der Waals surface area contributed by atoms with Crippen LogP contribution in [0, 0.1) is 17.0 Å². The molecule has 0 amide bonds. The van der Waals surface area contributed by atoms with Crippen LogP contribution in [0.3, 0.4) is 0 Å². The highest BCUT2D eigenvalue weighted by atomic mass is 16.6. The van der Waals surface area contributed by atoms with Gasteiger partial charge in [-0.2, -0.15) is 0 Å². The summed E-state index contributed by atoms with van der Waals surface area (Å²) in [4.78, 5) is 30.8. The van der Waals surface area contributed by atoms with Gasteiger partial charge in [-0.1, -0.05) is 0 Å². The van der Waals surface area contributed by atoms with Gasteiger partial charge in [-0.15, -0.1) is 0 Å². The minimum atomic E-state index is -1.82. The standard InChI is InChI=1S/C13H18N2O4.C2H2O4/c1-11-10-12(2-3-13(11)15(16)17)19-9-6-14-4-7-18-8-5-14;3-1(4)2(5)6/h2-3,10H,4-9H2,1H3;(H,3,4)(H,5,6). The summed E-state index contributed by atoms with van der Waals surface area (Å²) in [6.45, 7) is 6.56. The third-order valence-corrected chi connectivity index (χ3v) is 3.33. The molecule has 1 fully saturated rings. The summed E-state index contributed by atoms with van der Waals surface area (Å²) in [5, 5.41) is 25.5. The van der Waals surface area contributed by atoms with Gasteiger partial charge in [0.05, 0.1) is 18.1 Å². The molecule has 1 aliphatic heterocycles. The minimum Gasteiger partial charge on any atom is -0.492 e. The average molecular weight is 356 g/mol. The molecule has 1 aromatic rings. The molecule has 2 rings (SSSR count). The van der Waals surface area contributed by atoms with Crippen molar-refractivity contribution in [2.24, 2.45) is 0 Å². The lowest BCUT2D eigenvalue weighted by atomic mass is 10.2. The van der Waals surface area contributed by atoms with Gasteiger partial charge in [0.2, 0.25) is 0 Å². The number of carbonyl (C=O) groups is 2. The Kier molecular flexibility index (Phi) is 8.30. The fraction of sp³-hybridized carbons (Fsp3) is 0.467. The number of aryl methyl sites for hydroxylation is 1. The lowest BCUT2D eigenvalue weighted by Gasteiger charge is -2.26. The quantitative estimate of drug-likeness (QED) is 0.444. The number of aliphatic carboxylic acids is 2. The van der Waals surface area contributed by atoms with E-state index in [4.69, 9.17) is 29.3 Å². The van der Waals surface area contributed by atoms with Gasteiger partial charge in [-0.05, 0) is 19.1 Å². The van der Waals surface area contributed by atoms with E-state index in [1.807, 2.05) is 0 Å². The van der Waals surface area contributed by atoms with Crippen molar-refractivity contribution in [1.29, 1.82) is 0 Å². The molecule has 0 aromatic heterocycles. The normalized spacial score (nSPS) is 14.1. The zero-order valence-electron chi connectivity index (χ0n) is 13.7. The molecule has 0 aliphatic carbocycles. The van der Waals surface area contributed by atoms with Crippen molar-refractivity contribution >= 4 is 17.6 Å². The van der Waals surface area contributed by atoms with Crippen LogP contribution in [-0.2, 0) is 14.3 Å². The first-order valence-electron chi connectivity index (χ1n) is 7.45. The van der Waals surface area contributed by atoms with Crippen LogP contribution in [0.1, 0.15) is 5.56 Å². The van der Waals surface area contributed by atoms with E-state index in [1.165, 1.54) is 6.07 Å². The fourth-order valence-electron chi connectivity index (χ4n) is 2.04. The van der Waals surface area contributed by atoms with Gasteiger partial charge in [-0.25, -0.2) is 9.59 Å². The summed E-state index contributed by atoms with van der Waals surface area (Å²) in [5.74, 6) is -2.97. The highest BCUT2D eigenvalue weighted by Gasteiger charge is 2.12. The Bertz CT molecular complexity index is 602. The second-order valence-corrected chi connectivity index (χ2v) is 5.12. The Balaban J connectivity index is 0.000000450. The number of carboxylic acids is 2. The molecule has 138 valence electrons. The summed E-state index contributed by atoms with van der Waals surface area (Å²) in [6, 6.07) is 4.83. The third kappa shape index (κ3) is 7.59. The Morgan fingerprint density at radius 3 is 2.36 bits per heavy atom. The first-order chi connectivity index (χ1) is 11.8. The second kappa shape index (κ2) is 10.2. The average Bonchev–Trinajstić information content (AvgIpc) is 2.56. The molecule has 0 atom stereocenters. The molecule has 25 heavy (non-hydrogen) atoms. The molecule has 1 aliphatic rings. The third-order valence-electron chi connectivity index (χ3n) is 3.33. The van der Waals surface area contributed by atoms with Crippen molar-refractivity contribution in [2.75, 3.05) is 39.5 Å². The van der Waals surface area contributed by atoms with Crippen LogP contribution in [-0.4, -0.2) is 71.4 Å². The molecule has 0 radical (unpaired) electrons. The van der Waals surface area contributed by atoms with E-state index in [9.17, 15) is 10.1 Å². The first kappa shape index (κ1) is 20.3. The number of ether oxygens (including phenoxy) is 2. The number of benzene rings is 1. The molecule has 2 N–H and O–H groups in total. The van der Waals surface area contributed by atoms with Crippen molar-refractivity contribution < 1.29 is 34.2 Å². The molecule has 10 nitrogen and oxygen atoms in total. The lowest BCUT2D eigenvalue weighted by molar-refractivity contribution is -0.385. The van der Waals surface area contributed by atoms with Crippen LogP contribution < -0.4 is 4.74 Å². The van der Waals surface area contributed by atoms with Crippen LogP contribution in [0.25, 0.3) is 0 Å². The highest BCUT2D eigenvalue weighted by Crippen LogP contribution is 2.22.